The quantitative estimate of drug-likeness (QED) is 0.555. The minimum Gasteiger partial charge on any atom is -0.491 e. The largest absolute Gasteiger partial charge is 0.491 e. The van der Waals surface area contributed by atoms with E-state index in [-0.39, 0.29) is 25.1 Å². The van der Waals surface area contributed by atoms with E-state index in [2.05, 4.69) is 44.4 Å². The van der Waals surface area contributed by atoms with Crippen molar-refractivity contribution in [2.24, 2.45) is 0 Å². The van der Waals surface area contributed by atoms with Crippen molar-refractivity contribution in [2.45, 2.75) is 45.8 Å². The van der Waals surface area contributed by atoms with Crippen molar-refractivity contribution in [3.63, 3.8) is 0 Å². The van der Waals surface area contributed by atoms with Crippen molar-refractivity contribution in [3.8, 4) is 5.75 Å². The van der Waals surface area contributed by atoms with E-state index >= 15 is 0 Å². The van der Waals surface area contributed by atoms with E-state index < -0.39 is 6.10 Å². The monoisotopic (exact) mass is 460 g/mol. The highest BCUT2D eigenvalue weighted by molar-refractivity contribution is 7.10. The number of fused-ring (bicyclic) bond motifs is 1. The Balaban J connectivity index is 1.73. The molecule has 176 valence electrons. The summed E-state index contributed by atoms with van der Waals surface area (Å²) in [4.78, 5) is 18.7. The molecule has 3 rings (SSSR count). The van der Waals surface area contributed by atoms with Gasteiger partial charge in [0.1, 0.15) is 12.4 Å². The summed E-state index contributed by atoms with van der Waals surface area (Å²) in [5.74, 6) is 0.940. The standard InChI is InChI=1S/C25H36N2O4S/c1-5-10-26(14-20(28)16-30-4)15-25(29)27-11-8-24-21(9-12-32-24)22(27)17-31-23-7-6-18(2)13-19(23)3/h6-7,9,12-13,20,22,28H,5,8,10-11,14-17H2,1-4H3/t20-,22-/m1/s1. The lowest BCUT2D eigenvalue weighted by Crippen LogP contribution is -2.48. The molecule has 0 radical (unpaired) electrons. The van der Waals surface area contributed by atoms with Crippen molar-refractivity contribution in [1.82, 2.24) is 9.80 Å². The molecule has 1 aliphatic rings. The van der Waals surface area contributed by atoms with Crippen LogP contribution in [0.1, 0.15) is 41.0 Å². The number of methoxy groups -OCH3 is 1. The van der Waals surface area contributed by atoms with Gasteiger partial charge in [0.2, 0.25) is 5.91 Å². The van der Waals surface area contributed by atoms with Crippen LogP contribution in [0.25, 0.3) is 0 Å². The first kappa shape index (κ1) is 24.7. The maximum Gasteiger partial charge on any atom is 0.237 e. The Morgan fingerprint density at radius 2 is 2.16 bits per heavy atom. The minimum atomic E-state index is -0.604. The third kappa shape index (κ3) is 6.32. The predicted molar refractivity (Wildman–Crippen MR) is 129 cm³/mol. The molecule has 0 fully saturated rings. The van der Waals surface area contributed by atoms with E-state index in [1.165, 1.54) is 16.0 Å². The van der Waals surface area contributed by atoms with Gasteiger partial charge in [0.15, 0.2) is 0 Å². The van der Waals surface area contributed by atoms with E-state index in [4.69, 9.17) is 9.47 Å². The smallest absolute Gasteiger partial charge is 0.237 e. The lowest BCUT2D eigenvalue weighted by atomic mass is 10.00. The van der Waals surface area contributed by atoms with Gasteiger partial charge in [0, 0.05) is 25.1 Å². The van der Waals surface area contributed by atoms with E-state index in [1.807, 2.05) is 15.9 Å². The molecule has 0 unspecified atom stereocenters. The molecular formula is C25H36N2O4S. The van der Waals surface area contributed by atoms with Gasteiger partial charge in [-0.3, -0.25) is 9.69 Å². The van der Waals surface area contributed by atoms with Crippen LogP contribution in [0.5, 0.6) is 5.75 Å². The topological polar surface area (TPSA) is 62.2 Å². The Morgan fingerprint density at radius 3 is 2.88 bits per heavy atom. The number of rotatable bonds is 11. The number of benzene rings is 1. The number of aliphatic hydroxyl groups excluding tert-OH is 1. The number of carbonyl (C=O) groups is 1. The van der Waals surface area contributed by atoms with Gasteiger partial charge in [-0.15, -0.1) is 11.3 Å². The maximum atomic E-state index is 13.4. The first-order valence-corrected chi connectivity index (χ1v) is 12.3. The molecular weight excluding hydrogens is 424 g/mol. The third-order valence-electron chi connectivity index (χ3n) is 5.87. The Bertz CT molecular complexity index is 885. The van der Waals surface area contributed by atoms with Gasteiger partial charge in [0.25, 0.3) is 0 Å². The summed E-state index contributed by atoms with van der Waals surface area (Å²) in [6, 6.07) is 8.19. The van der Waals surface area contributed by atoms with Crippen molar-refractivity contribution in [1.29, 1.82) is 0 Å². The maximum absolute atomic E-state index is 13.4. The molecule has 0 saturated carbocycles. The van der Waals surface area contributed by atoms with Crippen molar-refractivity contribution < 1.29 is 19.4 Å². The van der Waals surface area contributed by atoms with Crippen LogP contribution in [-0.4, -0.2) is 73.4 Å². The number of nitrogens with zero attached hydrogens (tertiary/aromatic N) is 2. The predicted octanol–water partition coefficient (Wildman–Crippen LogP) is 3.59. The summed E-state index contributed by atoms with van der Waals surface area (Å²) in [5.41, 5.74) is 3.50. The molecule has 32 heavy (non-hydrogen) atoms. The molecule has 2 atom stereocenters. The van der Waals surface area contributed by atoms with E-state index in [0.717, 1.165) is 30.7 Å². The zero-order valence-corrected chi connectivity index (χ0v) is 20.5. The molecule has 1 aliphatic heterocycles. The summed E-state index contributed by atoms with van der Waals surface area (Å²) in [5, 5.41) is 12.3. The van der Waals surface area contributed by atoms with Crippen LogP contribution in [0.3, 0.4) is 0 Å². The van der Waals surface area contributed by atoms with Gasteiger partial charge in [-0.2, -0.15) is 0 Å². The molecule has 1 N–H and O–H groups in total. The number of hydrogen-bond donors (Lipinski definition) is 1. The lowest BCUT2D eigenvalue weighted by Gasteiger charge is -2.37. The number of thiophene rings is 1. The zero-order valence-electron chi connectivity index (χ0n) is 19.7. The van der Waals surface area contributed by atoms with Crippen LogP contribution in [-0.2, 0) is 16.0 Å². The number of carbonyl (C=O) groups excluding carboxylic acids is 1. The summed E-state index contributed by atoms with van der Waals surface area (Å²) >= 11 is 1.75. The number of amides is 1. The SMILES string of the molecule is CCCN(CC(=O)N1CCc2sccc2[C@H]1COc1ccc(C)cc1C)C[C@@H](O)COC. The second-order valence-corrected chi connectivity index (χ2v) is 9.58. The molecule has 1 amide bonds. The average Bonchev–Trinajstić information content (AvgIpc) is 3.22. The molecule has 1 aromatic heterocycles. The summed E-state index contributed by atoms with van der Waals surface area (Å²) in [6.45, 7) is 9.06. The molecule has 2 aromatic rings. The Labute approximate surface area is 195 Å². The lowest BCUT2D eigenvalue weighted by molar-refractivity contribution is -0.136. The summed E-state index contributed by atoms with van der Waals surface area (Å²) in [6.07, 6.45) is 1.19. The molecule has 6 nitrogen and oxygen atoms in total. The summed E-state index contributed by atoms with van der Waals surface area (Å²) < 4.78 is 11.3. The Hall–Kier alpha value is -1.93. The molecule has 0 bridgehead atoms. The number of aliphatic hydroxyl groups is 1. The molecule has 1 aromatic carbocycles. The highest BCUT2D eigenvalue weighted by Gasteiger charge is 2.33. The zero-order chi connectivity index (χ0) is 23.1. The van der Waals surface area contributed by atoms with Gasteiger partial charge in [-0.25, -0.2) is 0 Å². The second kappa shape index (κ2) is 11.8. The van der Waals surface area contributed by atoms with Crippen LogP contribution in [0, 0.1) is 13.8 Å². The average molecular weight is 461 g/mol. The molecule has 0 spiro atoms. The van der Waals surface area contributed by atoms with Crippen molar-refractivity contribution >= 4 is 17.2 Å². The van der Waals surface area contributed by atoms with E-state index in [0.29, 0.717) is 19.7 Å². The Morgan fingerprint density at radius 1 is 1.34 bits per heavy atom. The highest BCUT2D eigenvalue weighted by Crippen LogP contribution is 2.34. The fourth-order valence-corrected chi connectivity index (χ4v) is 5.31. The van der Waals surface area contributed by atoms with Crippen molar-refractivity contribution in [3.05, 3.63) is 51.2 Å². The van der Waals surface area contributed by atoms with Crippen LogP contribution < -0.4 is 4.74 Å². The van der Waals surface area contributed by atoms with E-state index in [1.54, 1.807) is 18.4 Å². The third-order valence-corrected chi connectivity index (χ3v) is 6.87. The van der Waals surface area contributed by atoms with Gasteiger partial charge in [-0.1, -0.05) is 24.6 Å². The first-order valence-electron chi connectivity index (χ1n) is 11.4. The van der Waals surface area contributed by atoms with Crippen LogP contribution in [0.4, 0.5) is 0 Å². The summed E-state index contributed by atoms with van der Waals surface area (Å²) in [7, 11) is 1.57. The molecule has 7 heteroatoms. The molecule has 0 saturated heterocycles. The van der Waals surface area contributed by atoms with Gasteiger partial charge in [0.05, 0.1) is 25.3 Å². The number of ether oxygens (including phenoxy) is 2. The minimum absolute atomic E-state index is 0.0779. The highest BCUT2D eigenvalue weighted by atomic mass is 32.1. The van der Waals surface area contributed by atoms with Gasteiger partial charge >= 0.3 is 0 Å². The molecule has 2 heterocycles. The van der Waals surface area contributed by atoms with Crippen molar-refractivity contribution in [2.75, 3.05) is 46.5 Å². The van der Waals surface area contributed by atoms with Crippen LogP contribution >= 0.6 is 11.3 Å². The molecule has 0 aliphatic carbocycles. The van der Waals surface area contributed by atoms with Gasteiger partial charge in [-0.05, 0) is 61.9 Å². The van der Waals surface area contributed by atoms with Crippen LogP contribution in [0.15, 0.2) is 29.6 Å². The first-order chi connectivity index (χ1) is 15.4. The Kier molecular flexibility index (Phi) is 9.11. The second-order valence-electron chi connectivity index (χ2n) is 8.58. The number of aryl methyl sites for hydroxylation is 2. The fraction of sp³-hybridized carbons (Fsp3) is 0.560. The van der Waals surface area contributed by atoms with E-state index in [9.17, 15) is 9.90 Å². The van der Waals surface area contributed by atoms with Crippen LogP contribution in [0.2, 0.25) is 0 Å². The normalized spacial score (nSPS) is 16.8. The number of hydrogen-bond acceptors (Lipinski definition) is 6. The van der Waals surface area contributed by atoms with Gasteiger partial charge < -0.3 is 19.5 Å². The fourth-order valence-electron chi connectivity index (χ4n) is 4.38.